The fourth-order valence-electron chi connectivity index (χ4n) is 3.31. The van der Waals surface area contributed by atoms with Crippen LogP contribution in [0.4, 0.5) is 0 Å². The summed E-state index contributed by atoms with van der Waals surface area (Å²) >= 11 is 0. The van der Waals surface area contributed by atoms with E-state index in [9.17, 15) is 5.11 Å². The number of rotatable bonds is 7. The predicted molar refractivity (Wildman–Crippen MR) is 99.8 cm³/mol. The quantitative estimate of drug-likeness (QED) is 0.722. The van der Waals surface area contributed by atoms with Crippen LogP contribution in [0.25, 0.3) is 21.8 Å². The molecule has 0 saturated carbocycles. The molecule has 1 heterocycles. The Hall–Kier alpha value is -2.04. The largest absolute Gasteiger partial charge is 0.490 e. The summed E-state index contributed by atoms with van der Waals surface area (Å²) in [6, 6.07) is 14.6. The fraction of sp³-hybridized carbons (Fsp3) is 0.400. The van der Waals surface area contributed by atoms with Crippen LogP contribution in [0.2, 0.25) is 0 Å². The first-order chi connectivity index (χ1) is 11.6. The van der Waals surface area contributed by atoms with Crippen molar-refractivity contribution in [1.29, 1.82) is 0 Å². The topological polar surface area (TPSA) is 37.6 Å². The average Bonchev–Trinajstić information content (AvgIpc) is 2.88. The van der Waals surface area contributed by atoms with E-state index in [-0.39, 0.29) is 0 Å². The first kappa shape index (κ1) is 16.8. The van der Waals surface area contributed by atoms with E-state index >= 15 is 0 Å². The Kier molecular flexibility index (Phi) is 5.07. The van der Waals surface area contributed by atoms with Crippen molar-refractivity contribution in [2.75, 3.05) is 27.2 Å². The molecule has 2 aromatic carbocycles. The van der Waals surface area contributed by atoms with Crippen molar-refractivity contribution < 1.29 is 9.84 Å². The zero-order valence-electron chi connectivity index (χ0n) is 14.7. The van der Waals surface area contributed by atoms with E-state index in [4.69, 9.17) is 4.74 Å². The number of likely N-dealkylation sites (N-methyl/N-ethyl adjacent to an activating group) is 1. The fourth-order valence-corrected chi connectivity index (χ4v) is 3.31. The van der Waals surface area contributed by atoms with Gasteiger partial charge in [-0.15, -0.1) is 0 Å². The molecule has 1 aromatic heterocycles. The zero-order valence-corrected chi connectivity index (χ0v) is 14.7. The Morgan fingerprint density at radius 3 is 2.58 bits per heavy atom. The van der Waals surface area contributed by atoms with Gasteiger partial charge in [0, 0.05) is 29.4 Å². The lowest BCUT2D eigenvalue weighted by molar-refractivity contribution is 0.0838. The van der Waals surface area contributed by atoms with Gasteiger partial charge in [0.1, 0.15) is 18.5 Å². The zero-order chi connectivity index (χ0) is 17.1. The lowest BCUT2D eigenvalue weighted by atomic mass is 10.1. The van der Waals surface area contributed by atoms with E-state index < -0.39 is 6.10 Å². The summed E-state index contributed by atoms with van der Waals surface area (Å²) in [6.07, 6.45) is 0.583. The van der Waals surface area contributed by atoms with Gasteiger partial charge in [-0.1, -0.05) is 31.2 Å². The molecule has 0 bridgehead atoms. The molecule has 0 radical (unpaired) electrons. The Labute approximate surface area is 143 Å². The third-order valence-electron chi connectivity index (χ3n) is 4.21. The molecule has 128 valence electrons. The number of hydrogen-bond acceptors (Lipinski definition) is 3. The van der Waals surface area contributed by atoms with Crippen molar-refractivity contribution in [2.24, 2.45) is 0 Å². The van der Waals surface area contributed by atoms with Gasteiger partial charge < -0.3 is 19.3 Å². The number of ether oxygens (including phenoxy) is 1. The Balaban J connectivity index is 2.02. The highest BCUT2D eigenvalue weighted by Crippen LogP contribution is 2.35. The van der Waals surface area contributed by atoms with Crippen molar-refractivity contribution in [2.45, 2.75) is 26.0 Å². The van der Waals surface area contributed by atoms with Gasteiger partial charge in [-0.25, -0.2) is 0 Å². The lowest BCUT2D eigenvalue weighted by Crippen LogP contribution is -2.30. The minimum absolute atomic E-state index is 0.296. The minimum Gasteiger partial charge on any atom is -0.490 e. The summed E-state index contributed by atoms with van der Waals surface area (Å²) in [5.41, 5.74) is 2.43. The second-order valence-electron chi connectivity index (χ2n) is 6.55. The number of benzene rings is 2. The van der Waals surface area contributed by atoms with E-state index in [0.717, 1.165) is 24.1 Å². The maximum atomic E-state index is 10.1. The molecule has 3 rings (SSSR count). The van der Waals surface area contributed by atoms with E-state index in [1.807, 2.05) is 31.1 Å². The van der Waals surface area contributed by atoms with Crippen molar-refractivity contribution in [3.8, 4) is 5.75 Å². The monoisotopic (exact) mass is 326 g/mol. The molecular formula is C20H26N2O2. The van der Waals surface area contributed by atoms with E-state index in [1.54, 1.807) is 0 Å². The van der Waals surface area contributed by atoms with Crippen LogP contribution < -0.4 is 4.74 Å². The maximum absolute atomic E-state index is 10.1. The van der Waals surface area contributed by atoms with E-state index in [0.29, 0.717) is 13.2 Å². The van der Waals surface area contributed by atoms with Crippen molar-refractivity contribution in [3.63, 3.8) is 0 Å². The van der Waals surface area contributed by atoms with Crippen LogP contribution in [0.3, 0.4) is 0 Å². The third-order valence-corrected chi connectivity index (χ3v) is 4.21. The van der Waals surface area contributed by atoms with Crippen molar-refractivity contribution >= 4 is 21.8 Å². The SMILES string of the molecule is CCCn1c2ccccc2c2c(OCC(O)CN(C)C)cccc21. The molecule has 0 aliphatic heterocycles. The van der Waals surface area contributed by atoms with Crippen molar-refractivity contribution in [1.82, 2.24) is 9.47 Å². The van der Waals surface area contributed by atoms with Crippen LogP contribution in [-0.2, 0) is 6.54 Å². The number of para-hydroxylation sites is 1. The standard InChI is InChI=1S/C20H26N2O2/c1-4-12-22-17-9-6-5-8-16(17)20-18(22)10-7-11-19(20)24-14-15(23)13-21(2)3/h5-11,15,23H,4,12-14H2,1-3H3. The molecular weight excluding hydrogens is 300 g/mol. The number of aliphatic hydroxyl groups is 1. The number of nitrogens with zero attached hydrogens (tertiary/aromatic N) is 2. The first-order valence-corrected chi connectivity index (χ1v) is 8.57. The second-order valence-corrected chi connectivity index (χ2v) is 6.55. The molecule has 0 aliphatic rings. The molecule has 1 N–H and O–H groups in total. The number of hydrogen-bond donors (Lipinski definition) is 1. The van der Waals surface area contributed by atoms with Gasteiger partial charge >= 0.3 is 0 Å². The number of fused-ring (bicyclic) bond motifs is 3. The summed E-state index contributed by atoms with van der Waals surface area (Å²) in [5.74, 6) is 0.844. The van der Waals surface area contributed by atoms with Crippen LogP contribution in [0, 0.1) is 0 Å². The molecule has 0 fully saturated rings. The van der Waals surface area contributed by atoms with Crippen LogP contribution in [0.1, 0.15) is 13.3 Å². The second kappa shape index (κ2) is 7.24. The molecule has 4 nitrogen and oxygen atoms in total. The number of aliphatic hydroxyl groups excluding tert-OH is 1. The van der Waals surface area contributed by atoms with Crippen LogP contribution in [0.5, 0.6) is 5.75 Å². The van der Waals surface area contributed by atoms with Crippen LogP contribution >= 0.6 is 0 Å². The Bertz CT molecular complexity index is 823. The molecule has 1 unspecified atom stereocenters. The van der Waals surface area contributed by atoms with Gasteiger partial charge in [0.05, 0.1) is 5.52 Å². The molecule has 24 heavy (non-hydrogen) atoms. The van der Waals surface area contributed by atoms with Gasteiger partial charge in [-0.05, 0) is 38.7 Å². The molecule has 1 atom stereocenters. The average molecular weight is 326 g/mol. The Morgan fingerprint density at radius 1 is 1.08 bits per heavy atom. The maximum Gasteiger partial charge on any atom is 0.129 e. The molecule has 0 spiro atoms. The minimum atomic E-state index is -0.501. The summed E-state index contributed by atoms with van der Waals surface area (Å²) < 4.78 is 8.35. The predicted octanol–water partition coefficient (Wildman–Crippen LogP) is 3.51. The summed E-state index contributed by atoms with van der Waals surface area (Å²) in [7, 11) is 3.89. The van der Waals surface area contributed by atoms with E-state index in [2.05, 4.69) is 41.8 Å². The van der Waals surface area contributed by atoms with Gasteiger partial charge in [-0.3, -0.25) is 0 Å². The first-order valence-electron chi connectivity index (χ1n) is 8.57. The highest BCUT2D eigenvalue weighted by atomic mass is 16.5. The molecule has 4 heteroatoms. The third kappa shape index (κ3) is 3.25. The molecule has 0 saturated heterocycles. The smallest absolute Gasteiger partial charge is 0.129 e. The number of aromatic nitrogens is 1. The molecule has 0 amide bonds. The normalized spacial score (nSPS) is 13.0. The van der Waals surface area contributed by atoms with Crippen molar-refractivity contribution in [3.05, 3.63) is 42.5 Å². The highest BCUT2D eigenvalue weighted by molar-refractivity contribution is 6.11. The molecule has 3 aromatic rings. The van der Waals surface area contributed by atoms with Gasteiger partial charge in [0.25, 0.3) is 0 Å². The summed E-state index contributed by atoms with van der Waals surface area (Å²) in [6.45, 7) is 4.06. The highest BCUT2D eigenvalue weighted by Gasteiger charge is 2.15. The lowest BCUT2D eigenvalue weighted by Gasteiger charge is -2.17. The Morgan fingerprint density at radius 2 is 1.83 bits per heavy atom. The molecule has 0 aliphatic carbocycles. The van der Waals surface area contributed by atoms with Crippen LogP contribution in [0.15, 0.2) is 42.5 Å². The van der Waals surface area contributed by atoms with Gasteiger partial charge in [-0.2, -0.15) is 0 Å². The summed E-state index contributed by atoms with van der Waals surface area (Å²) in [4.78, 5) is 1.96. The van der Waals surface area contributed by atoms with Gasteiger partial charge in [0.15, 0.2) is 0 Å². The summed E-state index contributed by atoms with van der Waals surface area (Å²) in [5, 5.41) is 12.4. The van der Waals surface area contributed by atoms with E-state index in [1.165, 1.54) is 16.4 Å². The van der Waals surface area contributed by atoms with Crippen LogP contribution in [-0.4, -0.2) is 47.9 Å². The van der Waals surface area contributed by atoms with Gasteiger partial charge in [0.2, 0.25) is 0 Å². The number of aryl methyl sites for hydroxylation is 1.